The van der Waals surface area contributed by atoms with Crippen molar-refractivity contribution in [1.82, 2.24) is 0 Å². The molecular formula is C12H14BrF4N. The lowest BCUT2D eigenvalue weighted by atomic mass is 10.2. The molecule has 102 valence electrons. The molecule has 0 aliphatic carbocycles. The van der Waals surface area contributed by atoms with Gasteiger partial charge in [0.25, 0.3) is 0 Å². The fourth-order valence-electron chi connectivity index (χ4n) is 1.40. The molecule has 6 heteroatoms. The van der Waals surface area contributed by atoms with E-state index in [4.69, 9.17) is 0 Å². The highest BCUT2D eigenvalue weighted by molar-refractivity contribution is 9.09. The average molecular weight is 328 g/mol. The average Bonchev–Trinajstić information content (AvgIpc) is 2.29. The summed E-state index contributed by atoms with van der Waals surface area (Å²) < 4.78 is 50.3. The van der Waals surface area contributed by atoms with Crippen LogP contribution in [0, 0.1) is 5.82 Å². The molecule has 0 bridgehead atoms. The zero-order valence-electron chi connectivity index (χ0n) is 9.82. The zero-order chi connectivity index (χ0) is 13.8. The maximum Gasteiger partial charge on any atom is 0.416 e. The fourth-order valence-corrected chi connectivity index (χ4v) is 1.63. The smallest absolute Gasteiger partial charge is 0.383 e. The Morgan fingerprint density at radius 3 is 2.50 bits per heavy atom. The lowest BCUT2D eigenvalue weighted by molar-refractivity contribution is -0.137. The van der Waals surface area contributed by atoms with Gasteiger partial charge in [0.15, 0.2) is 0 Å². The number of alkyl halides is 4. The lowest BCUT2D eigenvalue weighted by Gasteiger charge is -2.12. The van der Waals surface area contributed by atoms with Crippen LogP contribution in [-0.2, 0) is 6.18 Å². The Bertz CT molecular complexity index is 392. The van der Waals surface area contributed by atoms with Crippen LogP contribution in [0.5, 0.6) is 0 Å². The van der Waals surface area contributed by atoms with Gasteiger partial charge in [0, 0.05) is 11.4 Å². The predicted octanol–water partition coefficient (Wildman–Crippen LogP) is 4.82. The molecule has 1 atom stereocenters. The molecular weight excluding hydrogens is 314 g/mol. The highest BCUT2D eigenvalue weighted by atomic mass is 79.9. The fraction of sp³-hybridized carbons (Fsp3) is 0.500. The van der Waals surface area contributed by atoms with E-state index in [0.717, 1.165) is 25.0 Å². The quantitative estimate of drug-likeness (QED) is 0.604. The second-order valence-corrected chi connectivity index (χ2v) is 5.21. The van der Waals surface area contributed by atoms with Crippen LogP contribution >= 0.6 is 15.9 Å². The van der Waals surface area contributed by atoms with Crippen LogP contribution in [-0.4, -0.2) is 11.4 Å². The van der Waals surface area contributed by atoms with Gasteiger partial charge >= 0.3 is 6.18 Å². The Balaban J connectivity index is 2.63. The molecule has 1 nitrogen and oxygen atoms in total. The Morgan fingerprint density at radius 2 is 2.00 bits per heavy atom. The molecule has 1 aromatic carbocycles. The first-order valence-corrected chi connectivity index (χ1v) is 6.51. The van der Waals surface area contributed by atoms with Gasteiger partial charge in [0.05, 0.1) is 11.3 Å². The van der Waals surface area contributed by atoms with Crippen molar-refractivity contribution in [3.8, 4) is 0 Å². The zero-order valence-corrected chi connectivity index (χ0v) is 11.4. The van der Waals surface area contributed by atoms with Gasteiger partial charge in [-0.25, -0.2) is 4.39 Å². The molecule has 0 saturated carbocycles. The van der Waals surface area contributed by atoms with E-state index in [1.54, 1.807) is 0 Å². The van der Waals surface area contributed by atoms with E-state index in [1.807, 2.05) is 6.92 Å². The minimum Gasteiger partial charge on any atom is -0.383 e. The van der Waals surface area contributed by atoms with Crippen molar-refractivity contribution in [3.05, 3.63) is 29.6 Å². The third-order valence-corrected chi connectivity index (χ3v) is 3.62. The number of hydrogen-bond acceptors (Lipinski definition) is 1. The van der Waals surface area contributed by atoms with E-state index in [9.17, 15) is 17.6 Å². The number of halogens is 5. The van der Waals surface area contributed by atoms with Crippen molar-refractivity contribution in [1.29, 1.82) is 0 Å². The Hall–Kier alpha value is -0.780. The van der Waals surface area contributed by atoms with Crippen LogP contribution < -0.4 is 5.32 Å². The van der Waals surface area contributed by atoms with E-state index in [0.29, 0.717) is 17.4 Å². The second-order valence-electron chi connectivity index (χ2n) is 3.91. The monoisotopic (exact) mass is 327 g/mol. The summed E-state index contributed by atoms with van der Waals surface area (Å²) in [5.41, 5.74) is -0.878. The van der Waals surface area contributed by atoms with Gasteiger partial charge in [-0.05, 0) is 31.0 Å². The van der Waals surface area contributed by atoms with Crippen LogP contribution in [0.4, 0.5) is 23.2 Å². The molecule has 0 aliphatic rings. The minimum absolute atomic E-state index is 0.0961. The van der Waals surface area contributed by atoms with E-state index in [-0.39, 0.29) is 5.69 Å². The molecule has 0 aliphatic heterocycles. The topological polar surface area (TPSA) is 12.0 Å². The minimum atomic E-state index is -4.51. The van der Waals surface area contributed by atoms with Crippen molar-refractivity contribution in [2.24, 2.45) is 0 Å². The summed E-state index contributed by atoms with van der Waals surface area (Å²) in [6, 6.07) is 2.50. The summed E-state index contributed by atoms with van der Waals surface area (Å²) in [4.78, 5) is 0.322. The molecule has 0 spiro atoms. The molecule has 1 aromatic rings. The van der Waals surface area contributed by atoms with Gasteiger partial charge in [0.2, 0.25) is 0 Å². The normalized spacial score (nSPS) is 13.4. The largest absolute Gasteiger partial charge is 0.416 e. The number of nitrogens with one attached hydrogen (secondary N) is 1. The van der Waals surface area contributed by atoms with Gasteiger partial charge in [-0.3, -0.25) is 0 Å². The van der Waals surface area contributed by atoms with E-state index < -0.39 is 17.6 Å². The molecule has 0 amide bonds. The lowest BCUT2D eigenvalue weighted by Crippen LogP contribution is -2.10. The molecule has 0 heterocycles. The summed E-state index contributed by atoms with van der Waals surface area (Å²) in [6.45, 7) is 2.52. The Kier molecular flexibility index (Phi) is 5.44. The molecule has 0 aromatic heterocycles. The van der Waals surface area contributed by atoms with Gasteiger partial charge in [-0.15, -0.1) is 0 Å². The molecule has 0 saturated heterocycles. The molecule has 1 unspecified atom stereocenters. The van der Waals surface area contributed by atoms with Crippen LogP contribution in [0.25, 0.3) is 0 Å². The van der Waals surface area contributed by atoms with Crippen molar-refractivity contribution >= 4 is 21.6 Å². The van der Waals surface area contributed by atoms with E-state index in [1.165, 1.54) is 0 Å². The van der Waals surface area contributed by atoms with Crippen molar-refractivity contribution in [2.45, 2.75) is 30.8 Å². The van der Waals surface area contributed by atoms with Gasteiger partial charge in [-0.2, -0.15) is 13.2 Å². The van der Waals surface area contributed by atoms with E-state index >= 15 is 0 Å². The second kappa shape index (κ2) is 6.41. The van der Waals surface area contributed by atoms with E-state index in [2.05, 4.69) is 21.2 Å². The van der Waals surface area contributed by atoms with Crippen LogP contribution in [0.2, 0.25) is 0 Å². The van der Waals surface area contributed by atoms with Crippen molar-refractivity contribution in [2.75, 3.05) is 11.9 Å². The number of hydrogen-bond donors (Lipinski definition) is 1. The van der Waals surface area contributed by atoms with Crippen LogP contribution in [0.3, 0.4) is 0 Å². The predicted molar refractivity (Wildman–Crippen MR) is 67.5 cm³/mol. The first-order valence-electron chi connectivity index (χ1n) is 5.59. The standard InChI is InChI=1S/C12H14BrF4N/c1-2-9(13)5-6-18-11-4-3-8(7-10(11)14)12(15,16)17/h3-4,7,9,18H,2,5-6H2,1H3. The van der Waals surface area contributed by atoms with Crippen molar-refractivity contribution in [3.63, 3.8) is 0 Å². The summed E-state index contributed by atoms with van der Waals surface area (Å²) in [5.74, 6) is -0.882. The number of rotatable bonds is 5. The first-order chi connectivity index (χ1) is 8.34. The van der Waals surface area contributed by atoms with Gasteiger partial charge < -0.3 is 5.32 Å². The Labute approximate surface area is 112 Å². The Morgan fingerprint density at radius 1 is 1.33 bits per heavy atom. The summed E-state index contributed by atoms with van der Waals surface area (Å²) in [6.07, 6.45) is -2.79. The number of benzene rings is 1. The molecule has 1 rings (SSSR count). The van der Waals surface area contributed by atoms with Gasteiger partial charge in [-0.1, -0.05) is 22.9 Å². The molecule has 0 fully saturated rings. The molecule has 18 heavy (non-hydrogen) atoms. The summed E-state index contributed by atoms with van der Waals surface area (Å²) in [5, 5.41) is 2.78. The highest BCUT2D eigenvalue weighted by Crippen LogP contribution is 2.31. The molecule has 0 radical (unpaired) electrons. The summed E-state index contributed by atoms with van der Waals surface area (Å²) in [7, 11) is 0. The summed E-state index contributed by atoms with van der Waals surface area (Å²) >= 11 is 3.42. The third-order valence-electron chi connectivity index (χ3n) is 2.51. The maximum absolute atomic E-state index is 13.4. The SMILES string of the molecule is CCC(Br)CCNc1ccc(C(F)(F)F)cc1F. The first kappa shape index (κ1) is 15.3. The van der Waals surface area contributed by atoms with Crippen LogP contribution in [0.1, 0.15) is 25.3 Å². The number of anilines is 1. The van der Waals surface area contributed by atoms with Crippen molar-refractivity contribution < 1.29 is 17.6 Å². The maximum atomic E-state index is 13.4. The third kappa shape index (κ3) is 4.48. The van der Waals surface area contributed by atoms with Gasteiger partial charge in [0.1, 0.15) is 5.82 Å². The highest BCUT2D eigenvalue weighted by Gasteiger charge is 2.31. The van der Waals surface area contributed by atoms with Crippen LogP contribution in [0.15, 0.2) is 18.2 Å². The molecule has 1 N–H and O–H groups in total.